The molecule has 0 saturated heterocycles. The molecule has 4 N–H and O–H groups in total. The zero-order chi connectivity index (χ0) is 22.5. The van der Waals surface area contributed by atoms with Crippen molar-refractivity contribution < 1.29 is 24.8 Å². The largest absolute Gasteiger partial charge is 0.493 e. The summed E-state index contributed by atoms with van der Waals surface area (Å²) in [7, 11) is 5.00. The first-order valence-corrected chi connectivity index (χ1v) is 10.9. The Morgan fingerprint density at radius 1 is 1.13 bits per heavy atom. The number of carbonyl (C=O) groups is 2. The molecule has 30 heavy (non-hydrogen) atoms. The number of nitrogens with one attached hydrogen (secondary N) is 1. The topological polar surface area (TPSA) is 95.5 Å². The second-order valence-electron chi connectivity index (χ2n) is 7.79. The number of benzene rings is 1. The van der Waals surface area contributed by atoms with Gasteiger partial charge < -0.3 is 25.4 Å². The van der Waals surface area contributed by atoms with Crippen molar-refractivity contribution >= 4 is 11.8 Å². The van der Waals surface area contributed by atoms with Gasteiger partial charge in [-0.2, -0.15) is 0 Å². The molecule has 2 amide bonds. The number of rotatable bonds is 14. The molecule has 1 aromatic carbocycles. The number of methoxy groups -OCH3 is 2. The fourth-order valence-electron chi connectivity index (χ4n) is 3.25. The fourth-order valence-corrected chi connectivity index (χ4v) is 3.25. The lowest BCUT2D eigenvalue weighted by molar-refractivity contribution is -0.368. The third-order valence-corrected chi connectivity index (χ3v) is 5.51. The van der Waals surface area contributed by atoms with Crippen LogP contribution in [0.5, 0.6) is 11.5 Å². The monoisotopic (exact) mass is 422 g/mol. The Hall–Kier alpha value is -2.28. The van der Waals surface area contributed by atoms with Crippen LogP contribution < -0.4 is 20.5 Å². The van der Waals surface area contributed by atoms with Crippen LogP contribution >= 0.6 is 0 Å². The number of ether oxygens (including phenoxy) is 2. The Kier molecular flexibility index (Phi) is 11.9. The highest BCUT2D eigenvalue weighted by molar-refractivity contribution is 5.87. The zero-order valence-corrected chi connectivity index (χ0v) is 19.3. The van der Waals surface area contributed by atoms with E-state index in [1.54, 1.807) is 26.2 Å². The summed E-state index contributed by atoms with van der Waals surface area (Å²) >= 11 is 0. The third kappa shape index (κ3) is 8.22. The average Bonchev–Trinajstić information content (AvgIpc) is 2.77. The molecular formula is C23H40N3O4+. The van der Waals surface area contributed by atoms with Crippen LogP contribution in [0.3, 0.4) is 0 Å². The minimum absolute atomic E-state index is 0.0454. The number of hydrogen-bond acceptors (Lipinski definition) is 4. The van der Waals surface area contributed by atoms with Crippen molar-refractivity contribution in [3.8, 4) is 11.5 Å². The number of carbonyl (C=O) groups excluding carboxylic acids is 2. The minimum atomic E-state index is -0.495. The molecule has 7 nitrogen and oxygen atoms in total. The summed E-state index contributed by atoms with van der Waals surface area (Å²) in [6.07, 6.45) is 4.81. The van der Waals surface area contributed by atoms with E-state index in [-0.39, 0.29) is 17.7 Å². The maximum absolute atomic E-state index is 13.1. The highest BCUT2D eigenvalue weighted by atomic mass is 16.5. The van der Waals surface area contributed by atoms with E-state index < -0.39 is 6.04 Å². The number of unbranched alkanes of at least 4 members (excludes halogenated alkanes) is 2. The second kappa shape index (κ2) is 13.9. The molecule has 0 aromatic heterocycles. The van der Waals surface area contributed by atoms with Gasteiger partial charge in [0.15, 0.2) is 11.5 Å². The van der Waals surface area contributed by atoms with Gasteiger partial charge in [0.2, 0.25) is 11.8 Å². The van der Waals surface area contributed by atoms with Gasteiger partial charge in [0.1, 0.15) is 6.04 Å². The highest BCUT2D eigenvalue weighted by Gasteiger charge is 2.28. The quantitative estimate of drug-likeness (QED) is 0.449. The number of hydrogen-bond donors (Lipinski definition) is 2. The molecule has 0 radical (unpaired) electrons. The predicted octanol–water partition coefficient (Wildman–Crippen LogP) is 2.04. The predicted molar refractivity (Wildman–Crippen MR) is 118 cm³/mol. The molecule has 2 atom stereocenters. The van der Waals surface area contributed by atoms with Gasteiger partial charge in [-0.3, -0.25) is 9.59 Å². The normalized spacial score (nSPS) is 12.7. The summed E-state index contributed by atoms with van der Waals surface area (Å²) in [6.45, 7) is 5.49. The van der Waals surface area contributed by atoms with Gasteiger partial charge >= 0.3 is 0 Å². The van der Waals surface area contributed by atoms with Crippen LogP contribution in [-0.4, -0.2) is 57.1 Å². The number of amides is 2. The summed E-state index contributed by atoms with van der Waals surface area (Å²) in [6, 6.07) is 5.27. The molecule has 0 spiro atoms. The molecule has 0 aliphatic carbocycles. The van der Waals surface area contributed by atoms with Gasteiger partial charge in [-0.25, -0.2) is 0 Å². The van der Waals surface area contributed by atoms with Crippen molar-refractivity contribution in [1.29, 1.82) is 0 Å². The van der Waals surface area contributed by atoms with E-state index >= 15 is 0 Å². The Bertz CT molecular complexity index is 666. The Morgan fingerprint density at radius 3 is 2.43 bits per heavy atom. The van der Waals surface area contributed by atoms with E-state index in [0.717, 1.165) is 37.8 Å². The summed E-state index contributed by atoms with van der Waals surface area (Å²) < 4.78 is 10.6. The van der Waals surface area contributed by atoms with E-state index in [1.807, 2.05) is 32.0 Å². The van der Waals surface area contributed by atoms with Crippen LogP contribution in [0.2, 0.25) is 0 Å². The number of likely N-dealkylation sites (N-methyl/N-ethyl adjacent to an activating group) is 1. The molecule has 7 heteroatoms. The fraction of sp³-hybridized carbons (Fsp3) is 0.652. The lowest BCUT2D eigenvalue weighted by Gasteiger charge is -2.28. The molecule has 0 aliphatic heterocycles. The molecule has 0 aliphatic rings. The lowest BCUT2D eigenvalue weighted by Crippen LogP contribution is -2.51. The van der Waals surface area contributed by atoms with E-state index in [4.69, 9.17) is 9.47 Å². The lowest BCUT2D eigenvalue weighted by atomic mass is 9.97. The average molecular weight is 423 g/mol. The van der Waals surface area contributed by atoms with E-state index in [1.165, 1.54) is 0 Å². The smallest absolute Gasteiger partial charge is 0.245 e. The van der Waals surface area contributed by atoms with Crippen LogP contribution in [0.1, 0.15) is 51.5 Å². The van der Waals surface area contributed by atoms with Crippen molar-refractivity contribution in [2.75, 3.05) is 34.4 Å². The van der Waals surface area contributed by atoms with Crippen LogP contribution in [0.4, 0.5) is 0 Å². The molecule has 1 rings (SSSR count). The Balaban J connectivity index is 2.69. The first-order chi connectivity index (χ1) is 14.4. The Labute approximate surface area is 181 Å². The van der Waals surface area contributed by atoms with E-state index in [2.05, 4.69) is 11.1 Å². The second-order valence-corrected chi connectivity index (χ2v) is 7.79. The molecule has 0 heterocycles. The van der Waals surface area contributed by atoms with Gasteiger partial charge in [-0.05, 0) is 49.3 Å². The molecule has 0 fully saturated rings. The van der Waals surface area contributed by atoms with Crippen LogP contribution in [0.15, 0.2) is 18.2 Å². The molecule has 1 aromatic rings. The molecule has 0 unspecified atom stereocenters. The third-order valence-electron chi connectivity index (χ3n) is 5.51. The van der Waals surface area contributed by atoms with Gasteiger partial charge in [0, 0.05) is 20.0 Å². The molecular weight excluding hydrogens is 382 g/mol. The Morgan fingerprint density at radius 2 is 1.83 bits per heavy atom. The molecule has 0 saturated carbocycles. The van der Waals surface area contributed by atoms with Gasteiger partial charge in [-0.1, -0.05) is 26.3 Å². The maximum atomic E-state index is 13.1. The first kappa shape index (κ1) is 25.8. The van der Waals surface area contributed by atoms with E-state index in [9.17, 15) is 9.59 Å². The standard InChI is InChI=1S/C23H39N3O4/c1-6-17(2)22(25-21(27)10-8-7-9-14-24)23(28)26(3)15-13-18-11-12-19(29-4)20(16-18)30-5/h11-12,16-17,22H,6-10,13-15,24H2,1-5H3,(H,25,27)/p+1/t17-,22-/m1/s1. The summed E-state index contributed by atoms with van der Waals surface area (Å²) in [5.74, 6) is 1.33. The van der Waals surface area contributed by atoms with Crippen molar-refractivity contribution in [3.05, 3.63) is 23.8 Å². The van der Waals surface area contributed by atoms with Crippen molar-refractivity contribution in [1.82, 2.24) is 10.2 Å². The minimum Gasteiger partial charge on any atom is -0.493 e. The van der Waals surface area contributed by atoms with Crippen LogP contribution in [0.25, 0.3) is 0 Å². The van der Waals surface area contributed by atoms with Crippen molar-refractivity contribution in [2.24, 2.45) is 5.92 Å². The van der Waals surface area contributed by atoms with Gasteiger partial charge in [0.25, 0.3) is 0 Å². The first-order valence-electron chi connectivity index (χ1n) is 10.9. The highest BCUT2D eigenvalue weighted by Crippen LogP contribution is 2.27. The molecule has 170 valence electrons. The van der Waals surface area contributed by atoms with Gasteiger partial charge in [0.05, 0.1) is 20.8 Å². The van der Waals surface area contributed by atoms with Crippen molar-refractivity contribution in [2.45, 2.75) is 58.4 Å². The zero-order valence-electron chi connectivity index (χ0n) is 19.3. The SMILES string of the molecule is CC[C@@H](C)[C@@H](NC(=O)CCCCC[NH3+])C(=O)N(C)CCc1ccc(OC)c(OC)c1. The number of nitrogens with zero attached hydrogens (tertiary/aromatic N) is 1. The van der Waals surface area contributed by atoms with Gasteiger partial charge in [-0.15, -0.1) is 0 Å². The summed E-state index contributed by atoms with van der Waals surface area (Å²) in [5, 5.41) is 2.97. The summed E-state index contributed by atoms with van der Waals surface area (Å²) in [4.78, 5) is 27.1. The molecule has 0 bridgehead atoms. The summed E-state index contributed by atoms with van der Waals surface area (Å²) in [5.41, 5.74) is 4.88. The number of quaternary nitrogens is 1. The maximum Gasteiger partial charge on any atom is 0.245 e. The van der Waals surface area contributed by atoms with Crippen molar-refractivity contribution in [3.63, 3.8) is 0 Å². The van der Waals surface area contributed by atoms with E-state index in [0.29, 0.717) is 30.9 Å². The van der Waals surface area contributed by atoms with Crippen LogP contribution in [-0.2, 0) is 16.0 Å². The van der Waals surface area contributed by atoms with Crippen LogP contribution in [0, 0.1) is 5.92 Å².